The number of carbonyl (C=O) groups is 1. The molecule has 1 unspecified atom stereocenters. The quantitative estimate of drug-likeness (QED) is 0.834. The van der Waals surface area contributed by atoms with Crippen molar-refractivity contribution in [3.8, 4) is 5.75 Å². The number of thioether (sulfide) groups is 1. The number of methoxy groups -OCH3 is 1. The molecule has 0 aromatic heterocycles. The van der Waals surface area contributed by atoms with Crippen molar-refractivity contribution in [2.45, 2.75) is 36.0 Å². The summed E-state index contributed by atoms with van der Waals surface area (Å²) in [7, 11) is 3.65. The minimum atomic E-state index is -0.0514. The molecule has 4 nitrogen and oxygen atoms in total. The van der Waals surface area contributed by atoms with Crippen LogP contribution in [0.2, 0.25) is 0 Å². The summed E-state index contributed by atoms with van der Waals surface area (Å²) in [5.41, 5.74) is 0. The van der Waals surface area contributed by atoms with Crippen LogP contribution >= 0.6 is 24.2 Å². The zero-order chi connectivity index (χ0) is 15.2. The van der Waals surface area contributed by atoms with E-state index in [2.05, 4.69) is 5.32 Å². The van der Waals surface area contributed by atoms with Gasteiger partial charge in [0.05, 0.1) is 12.4 Å². The van der Waals surface area contributed by atoms with Gasteiger partial charge in [-0.25, -0.2) is 0 Å². The van der Waals surface area contributed by atoms with Crippen LogP contribution in [0.25, 0.3) is 0 Å². The third kappa shape index (κ3) is 5.07. The van der Waals surface area contributed by atoms with Crippen molar-refractivity contribution in [1.29, 1.82) is 0 Å². The number of rotatable bonds is 5. The number of carbonyl (C=O) groups excluding carboxylic acids is 1. The Kier molecular flexibility index (Phi) is 8.07. The molecule has 1 N–H and O–H groups in total. The molecule has 1 aliphatic rings. The Labute approximate surface area is 143 Å². The third-order valence-electron chi connectivity index (χ3n) is 3.93. The summed E-state index contributed by atoms with van der Waals surface area (Å²) in [4.78, 5) is 15.6. The van der Waals surface area contributed by atoms with Gasteiger partial charge in [-0.15, -0.1) is 24.2 Å². The molecule has 0 aliphatic carbocycles. The van der Waals surface area contributed by atoms with Gasteiger partial charge >= 0.3 is 0 Å². The summed E-state index contributed by atoms with van der Waals surface area (Å²) in [5.74, 6) is 1.08. The average Bonchev–Trinajstić information content (AvgIpc) is 2.55. The fourth-order valence-corrected chi connectivity index (χ4v) is 3.51. The first kappa shape index (κ1) is 19.1. The molecule has 1 aliphatic heterocycles. The maximum atomic E-state index is 12.5. The lowest BCUT2D eigenvalue weighted by molar-refractivity contribution is -0.131. The summed E-state index contributed by atoms with van der Waals surface area (Å²) in [6, 6.07) is 8.41. The van der Waals surface area contributed by atoms with Crippen molar-refractivity contribution >= 4 is 30.1 Å². The summed E-state index contributed by atoms with van der Waals surface area (Å²) >= 11 is 1.61. The molecule has 1 aromatic carbocycles. The van der Waals surface area contributed by atoms with Gasteiger partial charge in [0, 0.05) is 24.0 Å². The standard InChI is InChI=1S/C16H24N2O2S.ClH/c1-12(21-15-6-4-14(20-3)5-7-15)16(19)18-10-8-13(17-2)9-11-18;/h4-7,12-13,17H,8-11H2,1-3H3;1H. The number of nitrogens with one attached hydrogen (secondary N) is 1. The molecule has 1 fully saturated rings. The van der Waals surface area contributed by atoms with Crippen LogP contribution in [-0.2, 0) is 4.79 Å². The smallest absolute Gasteiger partial charge is 0.235 e. The van der Waals surface area contributed by atoms with Crippen molar-refractivity contribution in [3.05, 3.63) is 24.3 Å². The Morgan fingerprint density at radius 3 is 2.41 bits per heavy atom. The van der Waals surface area contributed by atoms with E-state index in [1.165, 1.54) is 0 Å². The molecule has 0 radical (unpaired) electrons. The van der Waals surface area contributed by atoms with E-state index in [-0.39, 0.29) is 23.6 Å². The normalized spacial score (nSPS) is 16.8. The van der Waals surface area contributed by atoms with Crippen LogP contribution in [0, 0.1) is 0 Å². The summed E-state index contributed by atoms with van der Waals surface area (Å²) in [6.07, 6.45) is 2.09. The topological polar surface area (TPSA) is 41.6 Å². The lowest BCUT2D eigenvalue weighted by atomic mass is 10.1. The highest BCUT2D eigenvalue weighted by molar-refractivity contribution is 8.00. The minimum Gasteiger partial charge on any atom is -0.497 e. The highest BCUT2D eigenvalue weighted by atomic mass is 35.5. The second-order valence-corrected chi connectivity index (χ2v) is 6.74. The zero-order valence-electron chi connectivity index (χ0n) is 13.4. The monoisotopic (exact) mass is 344 g/mol. The highest BCUT2D eigenvalue weighted by Crippen LogP contribution is 2.27. The van der Waals surface area contributed by atoms with Gasteiger partial charge in [0.1, 0.15) is 5.75 Å². The van der Waals surface area contributed by atoms with Crippen molar-refractivity contribution in [2.75, 3.05) is 27.2 Å². The van der Waals surface area contributed by atoms with Crippen LogP contribution in [0.1, 0.15) is 19.8 Å². The number of ether oxygens (including phenoxy) is 1. The second kappa shape index (κ2) is 9.28. The van der Waals surface area contributed by atoms with Crippen LogP contribution in [0.15, 0.2) is 29.2 Å². The summed E-state index contributed by atoms with van der Waals surface area (Å²) < 4.78 is 5.15. The Morgan fingerprint density at radius 2 is 1.91 bits per heavy atom. The van der Waals surface area contributed by atoms with Gasteiger partial charge in [0.25, 0.3) is 0 Å². The zero-order valence-corrected chi connectivity index (χ0v) is 15.0. The van der Waals surface area contributed by atoms with Crippen LogP contribution in [0.5, 0.6) is 5.75 Å². The van der Waals surface area contributed by atoms with Gasteiger partial charge in [-0.1, -0.05) is 0 Å². The number of piperidine rings is 1. The number of benzene rings is 1. The van der Waals surface area contributed by atoms with E-state index in [0.29, 0.717) is 6.04 Å². The molecule has 0 spiro atoms. The first-order valence-corrected chi connectivity index (χ1v) is 8.28. The van der Waals surface area contributed by atoms with Crippen molar-refractivity contribution in [2.24, 2.45) is 0 Å². The number of nitrogens with zero attached hydrogens (tertiary/aromatic N) is 1. The molecular formula is C16H25ClN2O2S. The van der Waals surface area contributed by atoms with Gasteiger partial charge in [-0.05, 0) is 51.1 Å². The lowest BCUT2D eigenvalue weighted by Crippen LogP contribution is -2.46. The molecule has 0 bridgehead atoms. The number of halogens is 1. The Hall–Kier alpha value is -0.910. The van der Waals surface area contributed by atoms with E-state index >= 15 is 0 Å². The molecular weight excluding hydrogens is 320 g/mol. The van der Waals surface area contributed by atoms with Crippen LogP contribution in [0.4, 0.5) is 0 Å². The average molecular weight is 345 g/mol. The molecule has 1 amide bonds. The Balaban J connectivity index is 0.00000242. The molecule has 1 saturated heterocycles. The molecule has 1 aromatic rings. The van der Waals surface area contributed by atoms with E-state index in [0.717, 1.165) is 36.6 Å². The van der Waals surface area contributed by atoms with Crippen molar-refractivity contribution in [3.63, 3.8) is 0 Å². The predicted octanol–water partition coefficient (Wildman–Crippen LogP) is 2.81. The maximum absolute atomic E-state index is 12.5. The first-order valence-electron chi connectivity index (χ1n) is 7.40. The Morgan fingerprint density at radius 1 is 1.32 bits per heavy atom. The Bertz CT molecular complexity index is 462. The van der Waals surface area contributed by atoms with Crippen molar-refractivity contribution < 1.29 is 9.53 Å². The molecule has 0 saturated carbocycles. The van der Waals surface area contributed by atoms with Crippen molar-refractivity contribution in [1.82, 2.24) is 10.2 Å². The number of amides is 1. The first-order chi connectivity index (χ1) is 10.1. The molecule has 6 heteroatoms. The highest BCUT2D eigenvalue weighted by Gasteiger charge is 2.25. The fraction of sp³-hybridized carbons (Fsp3) is 0.562. The molecule has 1 heterocycles. The van der Waals surface area contributed by atoms with Gasteiger partial charge in [0.2, 0.25) is 5.91 Å². The van der Waals surface area contributed by atoms with Crippen LogP contribution < -0.4 is 10.1 Å². The summed E-state index contributed by atoms with van der Waals surface area (Å²) in [5, 5.41) is 3.24. The minimum absolute atomic E-state index is 0. The third-order valence-corrected chi connectivity index (χ3v) is 5.03. The molecule has 124 valence electrons. The number of hydrogen-bond donors (Lipinski definition) is 1. The predicted molar refractivity (Wildman–Crippen MR) is 94.2 cm³/mol. The van der Waals surface area contributed by atoms with Gasteiger partial charge < -0.3 is 15.0 Å². The SMILES string of the molecule is CNC1CCN(C(=O)C(C)Sc2ccc(OC)cc2)CC1.Cl. The maximum Gasteiger partial charge on any atom is 0.235 e. The van der Waals surface area contributed by atoms with E-state index in [9.17, 15) is 4.79 Å². The number of likely N-dealkylation sites (tertiary alicyclic amines) is 1. The molecule has 1 atom stereocenters. The molecule has 2 rings (SSSR count). The van der Waals surface area contributed by atoms with Gasteiger partial charge in [-0.2, -0.15) is 0 Å². The lowest BCUT2D eigenvalue weighted by Gasteiger charge is -2.33. The van der Waals surface area contributed by atoms with E-state index < -0.39 is 0 Å². The van der Waals surface area contributed by atoms with E-state index in [1.807, 2.05) is 43.1 Å². The summed E-state index contributed by atoms with van der Waals surface area (Å²) in [6.45, 7) is 3.71. The van der Waals surface area contributed by atoms with E-state index in [4.69, 9.17) is 4.74 Å². The van der Waals surface area contributed by atoms with E-state index in [1.54, 1.807) is 18.9 Å². The van der Waals surface area contributed by atoms with Gasteiger partial charge in [-0.3, -0.25) is 4.79 Å². The van der Waals surface area contributed by atoms with Crippen LogP contribution in [-0.4, -0.2) is 49.3 Å². The molecule has 22 heavy (non-hydrogen) atoms. The van der Waals surface area contributed by atoms with Crippen LogP contribution in [0.3, 0.4) is 0 Å². The fourth-order valence-electron chi connectivity index (χ4n) is 2.55. The largest absolute Gasteiger partial charge is 0.497 e. The van der Waals surface area contributed by atoms with Gasteiger partial charge in [0.15, 0.2) is 0 Å². The number of hydrogen-bond acceptors (Lipinski definition) is 4. The second-order valence-electron chi connectivity index (χ2n) is 5.32.